The van der Waals surface area contributed by atoms with Crippen molar-refractivity contribution < 1.29 is 13.7 Å². The Morgan fingerprint density at radius 1 is 1.28 bits per heavy atom. The minimum Gasteiger partial charge on any atom is -0.467 e. The largest absolute Gasteiger partial charge is 0.467 e. The van der Waals surface area contributed by atoms with Crippen molar-refractivity contribution in [2.75, 3.05) is 13.6 Å². The number of nitrogens with zero attached hydrogens (tertiary/aromatic N) is 3. The zero-order chi connectivity index (χ0) is 17.6. The van der Waals surface area contributed by atoms with Crippen LogP contribution in [0.4, 0.5) is 4.79 Å². The van der Waals surface area contributed by atoms with E-state index >= 15 is 0 Å². The molecule has 0 aliphatic rings. The summed E-state index contributed by atoms with van der Waals surface area (Å²) in [6.07, 6.45) is 2.06. The van der Waals surface area contributed by atoms with Crippen molar-refractivity contribution >= 4 is 17.6 Å². The molecule has 130 valence electrons. The van der Waals surface area contributed by atoms with Gasteiger partial charge in [0.05, 0.1) is 12.8 Å². The molecular formula is C17H17ClN4O3. The van der Waals surface area contributed by atoms with Crippen LogP contribution in [0.5, 0.6) is 0 Å². The fourth-order valence-corrected chi connectivity index (χ4v) is 2.27. The Bertz CT molecular complexity index is 815. The van der Waals surface area contributed by atoms with Crippen LogP contribution in [0.2, 0.25) is 5.02 Å². The third-order valence-corrected chi connectivity index (χ3v) is 3.82. The first kappa shape index (κ1) is 17.0. The Labute approximate surface area is 149 Å². The molecule has 2 aromatic heterocycles. The number of benzene rings is 1. The van der Waals surface area contributed by atoms with Gasteiger partial charge in [-0.05, 0) is 36.4 Å². The van der Waals surface area contributed by atoms with Crippen LogP contribution in [0.3, 0.4) is 0 Å². The molecule has 8 heteroatoms. The number of hydrogen-bond donors (Lipinski definition) is 1. The number of nitrogens with one attached hydrogen (secondary N) is 1. The van der Waals surface area contributed by atoms with E-state index in [-0.39, 0.29) is 6.03 Å². The molecule has 3 rings (SSSR count). The first-order valence-electron chi connectivity index (χ1n) is 7.71. The summed E-state index contributed by atoms with van der Waals surface area (Å²) in [5, 5.41) is 7.36. The van der Waals surface area contributed by atoms with Crippen LogP contribution in [0, 0.1) is 0 Å². The predicted octanol–water partition coefficient (Wildman–Crippen LogP) is 3.37. The number of hydrogen-bond acceptors (Lipinski definition) is 5. The number of urea groups is 1. The van der Waals surface area contributed by atoms with Gasteiger partial charge in [0.2, 0.25) is 0 Å². The SMILES string of the molecule is CN(CCc1noc(-c2ccc(Cl)cc2)n1)C(=O)NCc1ccco1. The Balaban J connectivity index is 1.49. The molecule has 0 radical (unpaired) electrons. The molecule has 1 aromatic carbocycles. The highest BCUT2D eigenvalue weighted by molar-refractivity contribution is 6.30. The number of carbonyl (C=O) groups excluding carboxylic acids is 1. The summed E-state index contributed by atoms with van der Waals surface area (Å²) in [5.74, 6) is 1.67. The number of amides is 2. The van der Waals surface area contributed by atoms with Gasteiger partial charge in [-0.2, -0.15) is 4.98 Å². The average Bonchev–Trinajstić information content (AvgIpc) is 3.30. The summed E-state index contributed by atoms with van der Waals surface area (Å²) in [6.45, 7) is 0.808. The van der Waals surface area contributed by atoms with E-state index in [1.54, 1.807) is 42.5 Å². The smallest absolute Gasteiger partial charge is 0.317 e. The second-order valence-corrected chi connectivity index (χ2v) is 5.87. The molecule has 0 spiro atoms. The van der Waals surface area contributed by atoms with Crippen LogP contribution in [0.25, 0.3) is 11.5 Å². The van der Waals surface area contributed by atoms with Gasteiger partial charge in [-0.1, -0.05) is 16.8 Å². The maximum Gasteiger partial charge on any atom is 0.317 e. The van der Waals surface area contributed by atoms with Crippen molar-refractivity contribution in [3.05, 3.63) is 59.3 Å². The maximum absolute atomic E-state index is 12.0. The van der Waals surface area contributed by atoms with Gasteiger partial charge in [0.15, 0.2) is 5.82 Å². The Hall–Kier alpha value is -2.80. The van der Waals surface area contributed by atoms with E-state index in [1.165, 1.54) is 0 Å². The molecule has 25 heavy (non-hydrogen) atoms. The van der Waals surface area contributed by atoms with Crippen LogP contribution in [0.1, 0.15) is 11.6 Å². The topological polar surface area (TPSA) is 84.4 Å². The van der Waals surface area contributed by atoms with Crippen LogP contribution < -0.4 is 5.32 Å². The highest BCUT2D eigenvalue weighted by Crippen LogP contribution is 2.19. The van der Waals surface area contributed by atoms with Gasteiger partial charge in [-0.15, -0.1) is 0 Å². The summed E-state index contributed by atoms with van der Waals surface area (Å²) < 4.78 is 10.4. The zero-order valence-electron chi connectivity index (χ0n) is 13.6. The Morgan fingerprint density at radius 2 is 2.08 bits per heavy atom. The number of carbonyl (C=O) groups is 1. The third kappa shape index (κ3) is 4.60. The number of halogens is 1. The minimum atomic E-state index is -0.196. The molecule has 2 amide bonds. The van der Waals surface area contributed by atoms with Gasteiger partial charge >= 0.3 is 6.03 Å². The number of rotatable bonds is 6. The fraction of sp³-hybridized carbons (Fsp3) is 0.235. The number of aromatic nitrogens is 2. The summed E-state index contributed by atoms with van der Waals surface area (Å²) in [6, 6.07) is 10.5. The Kier molecular flexibility index (Phi) is 5.35. The lowest BCUT2D eigenvalue weighted by molar-refractivity contribution is 0.207. The first-order chi connectivity index (χ1) is 12.1. The molecule has 0 atom stereocenters. The van der Waals surface area contributed by atoms with Crippen molar-refractivity contribution in [1.29, 1.82) is 0 Å². The molecule has 0 saturated heterocycles. The molecule has 0 fully saturated rings. The lowest BCUT2D eigenvalue weighted by Gasteiger charge is -2.16. The molecule has 7 nitrogen and oxygen atoms in total. The fourth-order valence-electron chi connectivity index (χ4n) is 2.15. The van der Waals surface area contributed by atoms with Crippen molar-refractivity contribution in [2.45, 2.75) is 13.0 Å². The van der Waals surface area contributed by atoms with Crippen LogP contribution in [0.15, 0.2) is 51.6 Å². The monoisotopic (exact) mass is 360 g/mol. The normalized spacial score (nSPS) is 10.6. The average molecular weight is 361 g/mol. The molecular weight excluding hydrogens is 344 g/mol. The molecule has 2 heterocycles. The van der Waals surface area contributed by atoms with Crippen molar-refractivity contribution in [2.24, 2.45) is 0 Å². The zero-order valence-corrected chi connectivity index (χ0v) is 14.4. The minimum absolute atomic E-state index is 0.196. The molecule has 0 aliphatic carbocycles. The van der Waals surface area contributed by atoms with Gasteiger partial charge in [0.25, 0.3) is 5.89 Å². The van der Waals surface area contributed by atoms with E-state index in [9.17, 15) is 4.79 Å². The van der Waals surface area contributed by atoms with E-state index in [4.69, 9.17) is 20.5 Å². The number of likely N-dealkylation sites (N-methyl/N-ethyl adjacent to an activating group) is 1. The van der Waals surface area contributed by atoms with Gasteiger partial charge in [-0.25, -0.2) is 4.79 Å². The van der Waals surface area contributed by atoms with E-state index in [0.29, 0.717) is 42.0 Å². The van der Waals surface area contributed by atoms with Crippen LogP contribution in [-0.4, -0.2) is 34.7 Å². The van der Waals surface area contributed by atoms with Crippen molar-refractivity contribution in [1.82, 2.24) is 20.4 Å². The first-order valence-corrected chi connectivity index (χ1v) is 8.09. The van der Waals surface area contributed by atoms with Crippen LogP contribution >= 0.6 is 11.6 Å². The quantitative estimate of drug-likeness (QED) is 0.728. The lowest BCUT2D eigenvalue weighted by Crippen LogP contribution is -2.38. The van der Waals surface area contributed by atoms with Gasteiger partial charge < -0.3 is 19.2 Å². The second kappa shape index (κ2) is 7.85. The highest BCUT2D eigenvalue weighted by Gasteiger charge is 2.12. The van der Waals surface area contributed by atoms with E-state index in [1.807, 2.05) is 12.1 Å². The standard InChI is InChI=1S/C17H17ClN4O3/c1-22(17(23)19-11-14-3-2-10-24-14)9-8-15-20-16(25-21-15)12-4-6-13(18)7-5-12/h2-7,10H,8-9,11H2,1H3,(H,19,23). The maximum atomic E-state index is 12.0. The second-order valence-electron chi connectivity index (χ2n) is 5.43. The van der Waals surface area contributed by atoms with Gasteiger partial charge in [0.1, 0.15) is 5.76 Å². The summed E-state index contributed by atoms with van der Waals surface area (Å²) in [7, 11) is 1.71. The van der Waals surface area contributed by atoms with Crippen LogP contribution in [-0.2, 0) is 13.0 Å². The van der Waals surface area contributed by atoms with Gasteiger partial charge in [0, 0.05) is 30.6 Å². The molecule has 0 aliphatic heterocycles. The molecule has 0 unspecified atom stereocenters. The van der Waals surface area contributed by atoms with E-state index in [0.717, 1.165) is 5.56 Å². The van der Waals surface area contributed by atoms with E-state index in [2.05, 4.69) is 15.5 Å². The predicted molar refractivity (Wildman–Crippen MR) is 92.0 cm³/mol. The molecule has 0 bridgehead atoms. The lowest BCUT2D eigenvalue weighted by atomic mass is 10.2. The van der Waals surface area contributed by atoms with E-state index < -0.39 is 0 Å². The number of furan rings is 1. The Morgan fingerprint density at radius 3 is 2.80 bits per heavy atom. The summed E-state index contributed by atoms with van der Waals surface area (Å²) >= 11 is 5.86. The summed E-state index contributed by atoms with van der Waals surface area (Å²) in [4.78, 5) is 17.9. The summed E-state index contributed by atoms with van der Waals surface area (Å²) in [5.41, 5.74) is 0.799. The molecule has 0 saturated carbocycles. The van der Waals surface area contributed by atoms with Crippen molar-refractivity contribution in [3.8, 4) is 11.5 Å². The molecule has 3 aromatic rings. The van der Waals surface area contributed by atoms with Crippen molar-refractivity contribution in [3.63, 3.8) is 0 Å². The molecule has 1 N–H and O–H groups in total. The van der Waals surface area contributed by atoms with Gasteiger partial charge in [-0.3, -0.25) is 0 Å². The highest BCUT2D eigenvalue weighted by atomic mass is 35.5. The third-order valence-electron chi connectivity index (χ3n) is 3.57.